The van der Waals surface area contributed by atoms with Crippen LogP contribution in [0.5, 0.6) is 5.75 Å². The number of hydrogen-bond acceptors (Lipinski definition) is 5. The van der Waals surface area contributed by atoms with Crippen LogP contribution in [0.2, 0.25) is 0 Å². The van der Waals surface area contributed by atoms with Crippen LogP contribution in [0.3, 0.4) is 0 Å². The van der Waals surface area contributed by atoms with Crippen molar-refractivity contribution in [1.82, 2.24) is 14.7 Å². The summed E-state index contributed by atoms with van der Waals surface area (Å²) in [5, 5.41) is 0. The Morgan fingerprint density at radius 2 is 1.46 bits per heavy atom. The second kappa shape index (κ2) is 10.1. The van der Waals surface area contributed by atoms with E-state index < -0.39 is 0 Å². The topological polar surface area (TPSA) is 22.2 Å². The van der Waals surface area contributed by atoms with Crippen molar-refractivity contribution in [3.8, 4) is 5.75 Å². The van der Waals surface area contributed by atoms with Gasteiger partial charge in [-0.3, -0.25) is 14.7 Å². The zero-order chi connectivity index (χ0) is 18.2. The van der Waals surface area contributed by atoms with Crippen molar-refractivity contribution < 1.29 is 9.13 Å². The van der Waals surface area contributed by atoms with Crippen molar-refractivity contribution >= 4 is 5.69 Å². The monoisotopic (exact) mass is 364 g/mol. The molecule has 2 aliphatic rings. The summed E-state index contributed by atoms with van der Waals surface area (Å²) in [5.41, 5.74) is 1.21. The molecule has 5 nitrogen and oxygen atoms in total. The van der Waals surface area contributed by atoms with Crippen LogP contribution in [0.4, 0.5) is 10.1 Å². The van der Waals surface area contributed by atoms with Gasteiger partial charge >= 0.3 is 0 Å². The molecule has 0 saturated carbocycles. The van der Waals surface area contributed by atoms with E-state index in [9.17, 15) is 4.39 Å². The Kier molecular flexibility index (Phi) is 7.53. The van der Waals surface area contributed by atoms with Crippen LogP contribution in [0.25, 0.3) is 0 Å². The molecule has 0 aliphatic carbocycles. The molecule has 0 N–H and O–H groups in total. The van der Waals surface area contributed by atoms with Crippen LogP contribution in [-0.4, -0.2) is 94.1 Å². The Bertz CT molecular complexity index is 536. The summed E-state index contributed by atoms with van der Waals surface area (Å²) in [5.74, 6) is 0.966. The van der Waals surface area contributed by atoms with Gasteiger partial charge < -0.3 is 9.64 Å². The molecule has 2 saturated heterocycles. The van der Waals surface area contributed by atoms with Crippen LogP contribution >= 0.6 is 0 Å². The lowest BCUT2D eigenvalue weighted by Crippen LogP contribution is -2.46. The second-order valence-electron chi connectivity index (χ2n) is 7.27. The molecule has 0 amide bonds. The van der Waals surface area contributed by atoms with E-state index in [1.54, 1.807) is 7.11 Å². The van der Waals surface area contributed by atoms with Crippen molar-refractivity contribution in [3.63, 3.8) is 0 Å². The summed E-state index contributed by atoms with van der Waals surface area (Å²) in [7, 11) is 1.74. The van der Waals surface area contributed by atoms with Gasteiger partial charge in [-0.2, -0.15) is 0 Å². The van der Waals surface area contributed by atoms with E-state index in [-0.39, 0.29) is 6.67 Å². The molecular formula is C20H33FN4O. The van der Waals surface area contributed by atoms with Gasteiger partial charge in [0.25, 0.3) is 0 Å². The third-order valence-corrected chi connectivity index (χ3v) is 5.53. The van der Waals surface area contributed by atoms with Gasteiger partial charge in [0.2, 0.25) is 0 Å². The van der Waals surface area contributed by atoms with E-state index in [2.05, 4.69) is 31.7 Å². The number of para-hydroxylation sites is 2. The van der Waals surface area contributed by atoms with Crippen molar-refractivity contribution in [2.24, 2.45) is 0 Å². The first kappa shape index (κ1) is 19.4. The Morgan fingerprint density at radius 3 is 2.15 bits per heavy atom. The van der Waals surface area contributed by atoms with E-state index in [1.807, 2.05) is 12.1 Å². The standard InChI is InChI=1S/C20H33FN4O/c1-26-20-7-3-2-6-19(20)25-16-14-22(15-17-25)9-4-5-10-23-12-13-24(18-23)11-8-21/h2-3,6-7H,4-5,8-18H2,1H3. The molecule has 0 bridgehead atoms. The van der Waals surface area contributed by atoms with Gasteiger partial charge in [0, 0.05) is 45.8 Å². The average molecular weight is 365 g/mol. The molecule has 146 valence electrons. The molecule has 1 aromatic rings. The lowest BCUT2D eigenvalue weighted by atomic mass is 10.2. The van der Waals surface area contributed by atoms with Gasteiger partial charge in [0.1, 0.15) is 12.4 Å². The van der Waals surface area contributed by atoms with Crippen molar-refractivity contribution in [2.45, 2.75) is 12.8 Å². The van der Waals surface area contributed by atoms with E-state index >= 15 is 0 Å². The number of ether oxygens (including phenoxy) is 1. The summed E-state index contributed by atoms with van der Waals surface area (Å²) >= 11 is 0. The van der Waals surface area contributed by atoms with Gasteiger partial charge in [-0.25, -0.2) is 4.39 Å². The number of alkyl halides is 1. The predicted molar refractivity (Wildman–Crippen MR) is 105 cm³/mol. The molecule has 26 heavy (non-hydrogen) atoms. The number of halogens is 1. The Morgan fingerprint density at radius 1 is 0.846 bits per heavy atom. The molecule has 0 aromatic heterocycles. The first-order chi connectivity index (χ1) is 12.8. The van der Waals surface area contributed by atoms with Gasteiger partial charge in [-0.1, -0.05) is 12.1 Å². The number of unbranched alkanes of at least 4 members (excludes halogenated alkanes) is 1. The predicted octanol–water partition coefficient (Wildman–Crippen LogP) is 2.14. The summed E-state index contributed by atoms with van der Waals surface area (Å²) in [6, 6.07) is 8.29. The number of benzene rings is 1. The van der Waals surface area contributed by atoms with Crippen LogP contribution in [0.1, 0.15) is 12.8 Å². The van der Waals surface area contributed by atoms with Gasteiger partial charge in [-0.15, -0.1) is 0 Å². The molecule has 1 aromatic carbocycles. The van der Waals surface area contributed by atoms with Crippen molar-refractivity contribution in [3.05, 3.63) is 24.3 Å². The van der Waals surface area contributed by atoms with Crippen LogP contribution < -0.4 is 9.64 Å². The number of hydrogen-bond donors (Lipinski definition) is 0. The number of rotatable bonds is 9. The number of nitrogens with zero attached hydrogens (tertiary/aromatic N) is 4. The fourth-order valence-corrected chi connectivity index (χ4v) is 3.97. The molecule has 2 heterocycles. The van der Waals surface area contributed by atoms with Gasteiger partial charge in [0.15, 0.2) is 0 Å². The lowest BCUT2D eigenvalue weighted by molar-refractivity contribution is 0.218. The maximum absolute atomic E-state index is 12.4. The number of piperazine rings is 1. The maximum Gasteiger partial charge on any atom is 0.142 e. The number of anilines is 1. The fourth-order valence-electron chi connectivity index (χ4n) is 3.97. The highest BCUT2D eigenvalue weighted by Gasteiger charge is 2.20. The SMILES string of the molecule is COc1ccccc1N1CCN(CCCCN2CCN(CCF)C2)CC1. The smallest absolute Gasteiger partial charge is 0.142 e. The number of methoxy groups -OCH3 is 1. The van der Waals surface area contributed by atoms with E-state index in [4.69, 9.17) is 4.74 Å². The first-order valence-electron chi connectivity index (χ1n) is 9.91. The van der Waals surface area contributed by atoms with E-state index in [1.165, 1.54) is 25.1 Å². The highest BCUT2D eigenvalue weighted by atomic mass is 19.1. The van der Waals surface area contributed by atoms with E-state index in [0.717, 1.165) is 58.2 Å². The molecule has 3 rings (SSSR count). The molecule has 0 radical (unpaired) electrons. The Balaban J connectivity index is 1.31. The van der Waals surface area contributed by atoms with Gasteiger partial charge in [-0.05, 0) is 38.1 Å². The van der Waals surface area contributed by atoms with Crippen LogP contribution in [0.15, 0.2) is 24.3 Å². The minimum Gasteiger partial charge on any atom is -0.495 e. The summed E-state index contributed by atoms with van der Waals surface area (Å²) < 4.78 is 17.9. The molecule has 2 fully saturated rings. The van der Waals surface area contributed by atoms with E-state index in [0.29, 0.717) is 6.54 Å². The molecule has 0 spiro atoms. The van der Waals surface area contributed by atoms with Crippen LogP contribution in [0, 0.1) is 0 Å². The molecular weight excluding hydrogens is 331 g/mol. The highest BCUT2D eigenvalue weighted by molar-refractivity contribution is 5.58. The minimum absolute atomic E-state index is 0.228. The zero-order valence-corrected chi connectivity index (χ0v) is 16.1. The van der Waals surface area contributed by atoms with Crippen molar-refractivity contribution in [1.29, 1.82) is 0 Å². The highest BCUT2D eigenvalue weighted by Crippen LogP contribution is 2.28. The second-order valence-corrected chi connectivity index (χ2v) is 7.27. The molecule has 0 unspecified atom stereocenters. The third-order valence-electron chi connectivity index (χ3n) is 5.53. The quantitative estimate of drug-likeness (QED) is 0.625. The maximum atomic E-state index is 12.4. The minimum atomic E-state index is -0.228. The first-order valence-corrected chi connectivity index (χ1v) is 9.91. The summed E-state index contributed by atoms with van der Waals surface area (Å²) in [6.07, 6.45) is 2.48. The zero-order valence-electron chi connectivity index (χ0n) is 16.1. The summed E-state index contributed by atoms with van der Waals surface area (Å²) in [6.45, 7) is 10.1. The lowest BCUT2D eigenvalue weighted by Gasteiger charge is -2.36. The fraction of sp³-hybridized carbons (Fsp3) is 0.700. The summed E-state index contributed by atoms with van der Waals surface area (Å²) in [4.78, 5) is 9.66. The molecule has 0 atom stereocenters. The van der Waals surface area contributed by atoms with Crippen LogP contribution in [-0.2, 0) is 0 Å². The largest absolute Gasteiger partial charge is 0.495 e. The third kappa shape index (κ3) is 5.32. The van der Waals surface area contributed by atoms with Crippen molar-refractivity contribution in [2.75, 3.05) is 84.3 Å². The van der Waals surface area contributed by atoms with Gasteiger partial charge in [0.05, 0.1) is 19.5 Å². The Hall–Kier alpha value is -1.37. The molecule has 2 aliphatic heterocycles. The molecule has 6 heteroatoms. The normalized spacial score (nSPS) is 20.0. The Labute approximate surface area is 157 Å². The average Bonchev–Trinajstić information content (AvgIpc) is 3.13.